The number of hydrogen-bond donors (Lipinski definition) is 2. The Morgan fingerprint density at radius 2 is 2.43 bits per heavy atom. The first-order valence-electron chi connectivity index (χ1n) is 4.62. The van der Waals surface area contributed by atoms with Gasteiger partial charge >= 0.3 is 5.97 Å². The summed E-state index contributed by atoms with van der Waals surface area (Å²) in [6.45, 7) is -0.400. The number of aliphatic hydroxyl groups excluding tert-OH is 1. The minimum atomic E-state index is -1.21. The molecule has 14 heavy (non-hydrogen) atoms. The molecule has 0 saturated carbocycles. The molecule has 1 atom stereocenters. The van der Waals surface area contributed by atoms with Gasteiger partial charge in [0.05, 0.1) is 12.9 Å². The molecule has 1 aliphatic carbocycles. The Morgan fingerprint density at radius 1 is 1.64 bits per heavy atom. The summed E-state index contributed by atoms with van der Waals surface area (Å²) in [5.41, 5.74) is -0.301. The van der Waals surface area contributed by atoms with Crippen LogP contribution in [0.2, 0.25) is 0 Å². The molecule has 76 valence electrons. The van der Waals surface area contributed by atoms with E-state index in [-0.39, 0.29) is 0 Å². The third-order valence-electron chi connectivity index (χ3n) is 2.91. The minimum absolute atomic E-state index is 0.400. The SMILES string of the molecule is O=C(O)[C@@]1(CO)CCCc2ccoc21. The summed E-state index contributed by atoms with van der Waals surface area (Å²) in [5.74, 6) is -0.574. The zero-order chi connectivity index (χ0) is 10.2. The van der Waals surface area contributed by atoms with Crippen LogP contribution in [0.15, 0.2) is 16.7 Å². The van der Waals surface area contributed by atoms with E-state index in [0.717, 1.165) is 18.4 Å². The Kier molecular flexibility index (Phi) is 2.07. The van der Waals surface area contributed by atoms with Gasteiger partial charge in [-0.15, -0.1) is 0 Å². The molecule has 2 rings (SSSR count). The summed E-state index contributed by atoms with van der Waals surface area (Å²) in [4.78, 5) is 11.1. The van der Waals surface area contributed by atoms with E-state index in [4.69, 9.17) is 9.52 Å². The second-order valence-corrected chi connectivity index (χ2v) is 3.67. The molecule has 1 aromatic rings. The van der Waals surface area contributed by atoms with E-state index in [9.17, 15) is 9.90 Å². The van der Waals surface area contributed by atoms with Crippen molar-refractivity contribution in [3.8, 4) is 0 Å². The van der Waals surface area contributed by atoms with Crippen LogP contribution in [-0.4, -0.2) is 22.8 Å². The van der Waals surface area contributed by atoms with E-state index in [2.05, 4.69) is 0 Å². The Bertz CT molecular complexity index is 355. The summed E-state index contributed by atoms with van der Waals surface area (Å²) in [7, 11) is 0. The van der Waals surface area contributed by atoms with Crippen LogP contribution in [0.25, 0.3) is 0 Å². The van der Waals surface area contributed by atoms with Gasteiger partial charge < -0.3 is 14.6 Å². The molecule has 0 amide bonds. The highest BCUT2D eigenvalue weighted by atomic mass is 16.4. The Hall–Kier alpha value is -1.29. The van der Waals surface area contributed by atoms with Gasteiger partial charge in [0.15, 0.2) is 0 Å². The molecule has 0 fully saturated rings. The fraction of sp³-hybridized carbons (Fsp3) is 0.500. The molecule has 4 nitrogen and oxygen atoms in total. The molecule has 0 bridgehead atoms. The molecule has 0 unspecified atom stereocenters. The number of fused-ring (bicyclic) bond motifs is 1. The van der Waals surface area contributed by atoms with Gasteiger partial charge in [-0.05, 0) is 30.9 Å². The number of aliphatic carboxylic acids is 1. The fourth-order valence-electron chi connectivity index (χ4n) is 2.07. The normalized spacial score (nSPS) is 25.8. The zero-order valence-electron chi connectivity index (χ0n) is 7.69. The van der Waals surface area contributed by atoms with Crippen molar-refractivity contribution in [2.45, 2.75) is 24.7 Å². The highest BCUT2D eigenvalue weighted by Gasteiger charge is 2.46. The number of aryl methyl sites for hydroxylation is 1. The highest BCUT2D eigenvalue weighted by molar-refractivity contribution is 5.81. The monoisotopic (exact) mass is 196 g/mol. The van der Waals surface area contributed by atoms with Crippen LogP contribution in [0.4, 0.5) is 0 Å². The van der Waals surface area contributed by atoms with Gasteiger partial charge in [0.2, 0.25) is 0 Å². The Balaban J connectivity index is 2.52. The predicted octanol–water partition coefficient (Wildman–Crippen LogP) is 0.931. The van der Waals surface area contributed by atoms with E-state index >= 15 is 0 Å². The molecular weight excluding hydrogens is 184 g/mol. The number of carbonyl (C=O) groups is 1. The molecule has 1 aliphatic rings. The summed E-state index contributed by atoms with van der Waals surface area (Å²) in [6.07, 6.45) is 3.54. The van der Waals surface area contributed by atoms with Crippen molar-refractivity contribution in [2.75, 3.05) is 6.61 Å². The van der Waals surface area contributed by atoms with Crippen molar-refractivity contribution in [2.24, 2.45) is 0 Å². The van der Waals surface area contributed by atoms with Crippen LogP contribution in [-0.2, 0) is 16.6 Å². The number of rotatable bonds is 2. The molecule has 0 aromatic carbocycles. The average Bonchev–Trinajstić information content (AvgIpc) is 2.64. The summed E-state index contributed by atoms with van der Waals surface area (Å²) >= 11 is 0. The van der Waals surface area contributed by atoms with Gasteiger partial charge in [-0.25, -0.2) is 0 Å². The molecular formula is C10H12O4. The van der Waals surface area contributed by atoms with Crippen LogP contribution in [0.1, 0.15) is 24.2 Å². The van der Waals surface area contributed by atoms with Crippen LogP contribution < -0.4 is 0 Å². The van der Waals surface area contributed by atoms with Gasteiger partial charge in [0, 0.05) is 0 Å². The third kappa shape index (κ3) is 1.07. The number of hydrogen-bond acceptors (Lipinski definition) is 3. The van der Waals surface area contributed by atoms with Crippen molar-refractivity contribution in [3.05, 3.63) is 23.7 Å². The van der Waals surface area contributed by atoms with Crippen molar-refractivity contribution in [1.29, 1.82) is 0 Å². The number of carboxylic acid groups (broad SMARTS) is 1. The molecule has 1 aromatic heterocycles. The van der Waals surface area contributed by atoms with Crippen LogP contribution in [0.5, 0.6) is 0 Å². The van der Waals surface area contributed by atoms with E-state index in [1.54, 1.807) is 6.07 Å². The lowest BCUT2D eigenvalue weighted by Gasteiger charge is -2.29. The minimum Gasteiger partial charge on any atom is -0.480 e. The van der Waals surface area contributed by atoms with Gasteiger partial charge in [0.1, 0.15) is 11.2 Å². The van der Waals surface area contributed by atoms with Crippen molar-refractivity contribution in [1.82, 2.24) is 0 Å². The van der Waals surface area contributed by atoms with Gasteiger partial charge in [-0.3, -0.25) is 4.79 Å². The van der Waals surface area contributed by atoms with Gasteiger partial charge in [0.25, 0.3) is 0 Å². The van der Waals surface area contributed by atoms with Crippen molar-refractivity contribution < 1.29 is 19.4 Å². The molecule has 4 heteroatoms. The molecule has 0 saturated heterocycles. The standard InChI is InChI=1S/C10H12O4/c11-6-10(9(12)13)4-1-2-7-3-5-14-8(7)10/h3,5,11H,1-2,4,6H2,(H,12,13)/t10-/m1/s1. The first-order chi connectivity index (χ1) is 6.70. The molecule has 0 radical (unpaired) electrons. The molecule has 0 spiro atoms. The fourth-order valence-corrected chi connectivity index (χ4v) is 2.07. The third-order valence-corrected chi connectivity index (χ3v) is 2.91. The number of carboxylic acids is 1. The molecule has 0 aliphatic heterocycles. The summed E-state index contributed by atoms with van der Waals surface area (Å²) < 4.78 is 5.18. The lowest BCUT2D eigenvalue weighted by Crippen LogP contribution is -2.41. The van der Waals surface area contributed by atoms with Crippen LogP contribution >= 0.6 is 0 Å². The summed E-state index contributed by atoms with van der Waals surface area (Å²) in [6, 6.07) is 1.78. The zero-order valence-corrected chi connectivity index (χ0v) is 7.69. The maximum atomic E-state index is 11.1. The maximum absolute atomic E-state index is 11.1. The predicted molar refractivity (Wildman–Crippen MR) is 48.0 cm³/mol. The maximum Gasteiger partial charge on any atom is 0.319 e. The smallest absolute Gasteiger partial charge is 0.319 e. The van der Waals surface area contributed by atoms with Gasteiger partial charge in [-0.2, -0.15) is 0 Å². The van der Waals surface area contributed by atoms with Crippen molar-refractivity contribution in [3.63, 3.8) is 0 Å². The average molecular weight is 196 g/mol. The Labute approximate surface area is 81.2 Å². The largest absolute Gasteiger partial charge is 0.480 e. The number of furan rings is 1. The quantitative estimate of drug-likeness (QED) is 0.738. The van der Waals surface area contributed by atoms with Crippen LogP contribution in [0, 0.1) is 0 Å². The van der Waals surface area contributed by atoms with Gasteiger partial charge in [-0.1, -0.05) is 0 Å². The van der Waals surface area contributed by atoms with E-state index < -0.39 is 18.0 Å². The molecule has 2 N–H and O–H groups in total. The second-order valence-electron chi connectivity index (χ2n) is 3.67. The lowest BCUT2D eigenvalue weighted by molar-refractivity contribution is -0.147. The van der Waals surface area contributed by atoms with E-state index in [0.29, 0.717) is 12.2 Å². The highest BCUT2D eigenvalue weighted by Crippen LogP contribution is 2.37. The van der Waals surface area contributed by atoms with E-state index in [1.165, 1.54) is 6.26 Å². The first kappa shape index (κ1) is 9.27. The summed E-state index contributed by atoms with van der Waals surface area (Å²) in [5, 5.41) is 18.4. The molecule has 1 heterocycles. The lowest BCUT2D eigenvalue weighted by atomic mass is 9.75. The second kappa shape index (κ2) is 3.13. The Morgan fingerprint density at radius 3 is 3.07 bits per heavy atom. The van der Waals surface area contributed by atoms with Crippen molar-refractivity contribution >= 4 is 5.97 Å². The van der Waals surface area contributed by atoms with Crippen LogP contribution in [0.3, 0.4) is 0 Å². The topological polar surface area (TPSA) is 70.7 Å². The first-order valence-corrected chi connectivity index (χ1v) is 4.62. The van der Waals surface area contributed by atoms with E-state index in [1.807, 2.05) is 0 Å². The number of aliphatic hydroxyl groups is 1.